The van der Waals surface area contributed by atoms with E-state index in [1.54, 1.807) is 12.1 Å². The number of piperidine rings is 1. The molecule has 118 valence electrons. The summed E-state index contributed by atoms with van der Waals surface area (Å²) in [7, 11) is -3.42. The molecule has 2 rings (SSSR count). The molecular formula is C16H26N2O2S. The van der Waals surface area contributed by atoms with Crippen LogP contribution in [0.15, 0.2) is 29.2 Å². The summed E-state index contributed by atoms with van der Waals surface area (Å²) in [6, 6.07) is 7.28. The van der Waals surface area contributed by atoms with Crippen molar-refractivity contribution >= 4 is 10.0 Å². The molecule has 1 aliphatic heterocycles. The number of hydrogen-bond donors (Lipinski definition) is 2. The molecule has 5 heteroatoms. The standard InChI is InChI=1S/C16H26N2O2S/c1-4-13-6-8-14(9-7-13)21(19,20)18-12-15-16(2,3)10-5-11-17-15/h6-9,15,17-18H,4-5,10-12H2,1-3H3. The lowest BCUT2D eigenvalue weighted by Gasteiger charge is -2.39. The summed E-state index contributed by atoms with van der Waals surface area (Å²) < 4.78 is 27.4. The monoisotopic (exact) mass is 310 g/mol. The van der Waals surface area contributed by atoms with Gasteiger partial charge in [0.05, 0.1) is 4.90 Å². The minimum atomic E-state index is -3.42. The molecule has 1 fully saturated rings. The van der Waals surface area contributed by atoms with Gasteiger partial charge < -0.3 is 5.32 Å². The molecule has 1 saturated heterocycles. The molecule has 2 N–H and O–H groups in total. The van der Waals surface area contributed by atoms with Crippen LogP contribution in [0.5, 0.6) is 0 Å². The Morgan fingerprint density at radius 2 is 1.95 bits per heavy atom. The lowest BCUT2D eigenvalue weighted by molar-refractivity contribution is 0.181. The smallest absolute Gasteiger partial charge is 0.240 e. The summed E-state index contributed by atoms with van der Waals surface area (Å²) >= 11 is 0. The Morgan fingerprint density at radius 1 is 1.29 bits per heavy atom. The van der Waals surface area contributed by atoms with E-state index in [1.165, 1.54) is 0 Å². The first-order valence-electron chi connectivity index (χ1n) is 7.67. The van der Waals surface area contributed by atoms with Crippen LogP contribution in [0.25, 0.3) is 0 Å². The maximum absolute atomic E-state index is 12.3. The molecular weight excluding hydrogens is 284 g/mol. The van der Waals surface area contributed by atoms with Crippen molar-refractivity contribution in [3.8, 4) is 0 Å². The number of nitrogens with one attached hydrogen (secondary N) is 2. The quantitative estimate of drug-likeness (QED) is 0.877. The predicted octanol–water partition coefficient (Wildman–Crippen LogP) is 2.31. The van der Waals surface area contributed by atoms with Crippen LogP contribution in [0.2, 0.25) is 0 Å². The van der Waals surface area contributed by atoms with E-state index in [9.17, 15) is 8.42 Å². The van der Waals surface area contributed by atoms with Gasteiger partial charge in [-0.2, -0.15) is 0 Å². The average molecular weight is 310 g/mol. The zero-order valence-corrected chi connectivity index (χ0v) is 14.0. The number of hydrogen-bond acceptors (Lipinski definition) is 3. The SMILES string of the molecule is CCc1ccc(S(=O)(=O)NCC2NCCCC2(C)C)cc1. The number of aryl methyl sites for hydroxylation is 1. The molecule has 0 radical (unpaired) electrons. The zero-order chi connectivity index (χ0) is 15.5. The summed E-state index contributed by atoms with van der Waals surface area (Å²) in [5.41, 5.74) is 1.26. The van der Waals surface area contributed by atoms with Crippen molar-refractivity contribution in [2.45, 2.75) is 51.0 Å². The van der Waals surface area contributed by atoms with Gasteiger partial charge in [-0.05, 0) is 48.9 Å². The highest BCUT2D eigenvalue weighted by atomic mass is 32.2. The topological polar surface area (TPSA) is 58.2 Å². The van der Waals surface area contributed by atoms with Crippen molar-refractivity contribution in [3.63, 3.8) is 0 Å². The van der Waals surface area contributed by atoms with Crippen LogP contribution in [0.3, 0.4) is 0 Å². The van der Waals surface area contributed by atoms with Gasteiger partial charge in [0.2, 0.25) is 10.0 Å². The van der Waals surface area contributed by atoms with Gasteiger partial charge in [0, 0.05) is 12.6 Å². The molecule has 0 saturated carbocycles. The molecule has 1 aromatic carbocycles. The lowest BCUT2D eigenvalue weighted by atomic mass is 9.78. The van der Waals surface area contributed by atoms with Crippen LogP contribution in [-0.2, 0) is 16.4 Å². The maximum Gasteiger partial charge on any atom is 0.240 e. The van der Waals surface area contributed by atoms with Gasteiger partial charge in [-0.25, -0.2) is 13.1 Å². The summed E-state index contributed by atoms with van der Waals surface area (Å²) in [5, 5.41) is 3.42. The van der Waals surface area contributed by atoms with E-state index >= 15 is 0 Å². The Balaban J connectivity index is 2.03. The second-order valence-electron chi connectivity index (χ2n) is 6.45. The highest BCUT2D eigenvalue weighted by molar-refractivity contribution is 7.89. The molecule has 1 aromatic rings. The fourth-order valence-electron chi connectivity index (χ4n) is 2.80. The first kappa shape index (κ1) is 16.5. The van der Waals surface area contributed by atoms with Gasteiger partial charge in [0.25, 0.3) is 0 Å². The third kappa shape index (κ3) is 4.05. The van der Waals surface area contributed by atoms with Crippen molar-refractivity contribution in [3.05, 3.63) is 29.8 Å². The van der Waals surface area contributed by atoms with Crippen LogP contribution in [0, 0.1) is 5.41 Å². The highest BCUT2D eigenvalue weighted by Gasteiger charge is 2.32. The summed E-state index contributed by atoms with van der Waals surface area (Å²) in [5.74, 6) is 0. The van der Waals surface area contributed by atoms with E-state index in [0.717, 1.165) is 31.4 Å². The second-order valence-corrected chi connectivity index (χ2v) is 8.22. The number of benzene rings is 1. The fourth-order valence-corrected chi connectivity index (χ4v) is 3.85. The molecule has 0 aliphatic carbocycles. The van der Waals surface area contributed by atoms with Crippen molar-refractivity contribution in [2.24, 2.45) is 5.41 Å². The lowest BCUT2D eigenvalue weighted by Crippen LogP contribution is -2.52. The Morgan fingerprint density at radius 3 is 2.52 bits per heavy atom. The van der Waals surface area contributed by atoms with Gasteiger partial charge in [0.15, 0.2) is 0 Å². The first-order chi connectivity index (χ1) is 9.85. The summed E-state index contributed by atoms with van der Waals surface area (Å²) in [6.07, 6.45) is 3.18. The molecule has 1 unspecified atom stereocenters. The molecule has 0 bridgehead atoms. The maximum atomic E-state index is 12.3. The normalized spacial score (nSPS) is 22.1. The first-order valence-corrected chi connectivity index (χ1v) is 9.15. The van der Waals surface area contributed by atoms with Crippen LogP contribution < -0.4 is 10.0 Å². The molecule has 1 heterocycles. The van der Waals surface area contributed by atoms with Crippen LogP contribution >= 0.6 is 0 Å². The third-order valence-electron chi connectivity index (χ3n) is 4.45. The van der Waals surface area contributed by atoms with Crippen LogP contribution in [0.4, 0.5) is 0 Å². The summed E-state index contributed by atoms with van der Waals surface area (Å²) in [6.45, 7) is 7.83. The van der Waals surface area contributed by atoms with Crippen molar-refractivity contribution in [2.75, 3.05) is 13.1 Å². The minimum Gasteiger partial charge on any atom is -0.312 e. The van der Waals surface area contributed by atoms with Crippen molar-refractivity contribution in [1.29, 1.82) is 0 Å². The van der Waals surface area contributed by atoms with E-state index in [4.69, 9.17) is 0 Å². The average Bonchev–Trinajstić information content (AvgIpc) is 2.46. The Bertz CT molecular complexity index is 564. The molecule has 0 amide bonds. The van der Waals surface area contributed by atoms with Gasteiger partial charge in [-0.15, -0.1) is 0 Å². The number of sulfonamides is 1. The van der Waals surface area contributed by atoms with E-state index in [1.807, 2.05) is 12.1 Å². The third-order valence-corrected chi connectivity index (χ3v) is 5.89. The van der Waals surface area contributed by atoms with Gasteiger partial charge in [-0.3, -0.25) is 0 Å². The van der Waals surface area contributed by atoms with Crippen molar-refractivity contribution in [1.82, 2.24) is 10.0 Å². The molecule has 21 heavy (non-hydrogen) atoms. The molecule has 1 atom stereocenters. The molecule has 4 nitrogen and oxygen atoms in total. The van der Waals surface area contributed by atoms with E-state index in [-0.39, 0.29) is 11.5 Å². The molecule has 0 spiro atoms. The predicted molar refractivity (Wildman–Crippen MR) is 85.8 cm³/mol. The molecule has 1 aliphatic rings. The highest BCUT2D eigenvalue weighted by Crippen LogP contribution is 2.29. The Labute approximate surface area is 128 Å². The number of rotatable bonds is 5. The Hall–Kier alpha value is -0.910. The van der Waals surface area contributed by atoms with E-state index < -0.39 is 10.0 Å². The van der Waals surface area contributed by atoms with E-state index in [0.29, 0.717) is 11.4 Å². The van der Waals surface area contributed by atoms with Gasteiger partial charge in [0.1, 0.15) is 0 Å². The molecule has 0 aromatic heterocycles. The summed E-state index contributed by atoms with van der Waals surface area (Å²) in [4.78, 5) is 0.341. The van der Waals surface area contributed by atoms with Gasteiger partial charge in [-0.1, -0.05) is 32.9 Å². The van der Waals surface area contributed by atoms with Crippen LogP contribution in [-0.4, -0.2) is 27.5 Å². The second kappa shape index (κ2) is 6.46. The fraction of sp³-hybridized carbons (Fsp3) is 0.625. The van der Waals surface area contributed by atoms with Crippen molar-refractivity contribution < 1.29 is 8.42 Å². The van der Waals surface area contributed by atoms with E-state index in [2.05, 4.69) is 30.8 Å². The van der Waals surface area contributed by atoms with Gasteiger partial charge >= 0.3 is 0 Å². The van der Waals surface area contributed by atoms with Crippen LogP contribution in [0.1, 0.15) is 39.2 Å². The minimum absolute atomic E-state index is 0.118. The largest absolute Gasteiger partial charge is 0.312 e. The zero-order valence-electron chi connectivity index (χ0n) is 13.1. The Kier molecular flexibility index (Phi) is 5.07.